The number of benzene rings is 3. The Labute approximate surface area is 193 Å². The molecule has 3 aromatic carbocycles. The number of anilines is 2. The number of amides is 3. The average Bonchev–Trinajstić information content (AvgIpc) is 2.84. The molecule has 3 amide bonds. The van der Waals surface area contributed by atoms with E-state index in [1.54, 1.807) is 47.4 Å². The normalized spacial score (nSPS) is 10.4. The lowest BCUT2D eigenvalue weighted by Gasteiger charge is -2.21. The van der Waals surface area contributed by atoms with E-state index in [1.165, 1.54) is 18.2 Å². The summed E-state index contributed by atoms with van der Waals surface area (Å²) in [4.78, 5) is 40.1. The van der Waals surface area contributed by atoms with Crippen LogP contribution in [0.1, 0.15) is 50.5 Å². The van der Waals surface area contributed by atoms with Gasteiger partial charge in [0.15, 0.2) is 0 Å². The van der Waals surface area contributed by atoms with Crippen LogP contribution in [0.3, 0.4) is 0 Å². The van der Waals surface area contributed by atoms with Gasteiger partial charge in [-0.3, -0.25) is 19.6 Å². The molecular weight excluding hydrogens is 418 g/mol. The Balaban J connectivity index is 1.98. The summed E-state index contributed by atoms with van der Waals surface area (Å²) in [6.07, 6.45) is 0. The van der Waals surface area contributed by atoms with Gasteiger partial charge in [-0.2, -0.15) is 5.06 Å². The molecule has 0 aliphatic carbocycles. The summed E-state index contributed by atoms with van der Waals surface area (Å²) in [5, 5.41) is 13.9. The molecule has 0 saturated carbocycles. The van der Waals surface area contributed by atoms with E-state index in [-0.39, 0.29) is 34.3 Å². The van der Waals surface area contributed by atoms with Crippen LogP contribution in [-0.2, 0) is 0 Å². The Hall–Kier alpha value is -3.97. The number of hydrogen-bond donors (Lipinski definition) is 2. The van der Waals surface area contributed by atoms with Gasteiger partial charge in [-0.1, -0.05) is 35.9 Å². The molecule has 0 spiro atoms. The van der Waals surface area contributed by atoms with E-state index < -0.39 is 5.91 Å². The number of rotatable bonds is 7. The summed E-state index contributed by atoms with van der Waals surface area (Å²) in [7, 11) is 0. The molecule has 2 N–H and O–H groups in total. The predicted octanol–water partition coefficient (Wildman–Crippen LogP) is 4.77. The van der Waals surface area contributed by atoms with E-state index in [2.05, 4.69) is 5.32 Å². The van der Waals surface area contributed by atoms with Crippen molar-refractivity contribution in [3.05, 3.63) is 95.1 Å². The number of nitrogens with zero attached hydrogens (tertiary/aromatic N) is 2. The third kappa shape index (κ3) is 5.64. The summed E-state index contributed by atoms with van der Waals surface area (Å²) < 4.78 is 0. The number of aryl methyl sites for hydroxylation is 1. The number of hydroxylamine groups is 1. The molecule has 0 unspecified atom stereocenters. The second-order valence-corrected chi connectivity index (χ2v) is 7.55. The van der Waals surface area contributed by atoms with Gasteiger partial charge in [0.05, 0.1) is 5.69 Å². The summed E-state index contributed by atoms with van der Waals surface area (Å²) in [5.74, 6) is -1.29. The molecule has 0 fully saturated rings. The summed E-state index contributed by atoms with van der Waals surface area (Å²) in [6, 6.07) is 19.8. The van der Waals surface area contributed by atoms with Crippen molar-refractivity contribution in [2.45, 2.75) is 20.8 Å². The maximum atomic E-state index is 13.0. The molecule has 0 heterocycles. The second-order valence-electron chi connectivity index (χ2n) is 7.55. The van der Waals surface area contributed by atoms with E-state index in [4.69, 9.17) is 0 Å². The summed E-state index contributed by atoms with van der Waals surface area (Å²) in [6.45, 7) is 6.65. The third-order valence-electron chi connectivity index (χ3n) is 5.24. The predicted molar refractivity (Wildman–Crippen MR) is 128 cm³/mol. The first-order chi connectivity index (χ1) is 15.8. The van der Waals surface area contributed by atoms with Crippen molar-refractivity contribution in [2.24, 2.45) is 0 Å². The van der Waals surface area contributed by atoms with Crippen LogP contribution >= 0.6 is 0 Å². The smallest absolute Gasteiger partial charge is 0.281 e. The van der Waals surface area contributed by atoms with Gasteiger partial charge in [-0.15, -0.1) is 0 Å². The fraction of sp³-hybridized carbons (Fsp3) is 0.192. The van der Waals surface area contributed by atoms with Crippen molar-refractivity contribution in [1.82, 2.24) is 4.90 Å². The van der Waals surface area contributed by atoms with Crippen molar-refractivity contribution >= 4 is 29.1 Å². The molecule has 0 radical (unpaired) electrons. The minimum atomic E-state index is -0.654. The van der Waals surface area contributed by atoms with Gasteiger partial charge in [0.1, 0.15) is 0 Å². The van der Waals surface area contributed by atoms with Crippen LogP contribution in [0.2, 0.25) is 0 Å². The highest BCUT2D eigenvalue weighted by Crippen LogP contribution is 2.25. The first-order valence-corrected chi connectivity index (χ1v) is 10.7. The standard InChI is InChI=1S/C26H27N3O4/c1-4-28(5-2)25(31)21-15-22(27-24(30)19-13-11-18(3)12-14-19)17-23(16-21)29(33)26(32)20-9-7-6-8-10-20/h6-17,33H,4-5H2,1-3H3,(H,27,30). The van der Waals surface area contributed by atoms with Crippen LogP contribution in [0, 0.1) is 6.92 Å². The molecule has 0 aromatic heterocycles. The molecule has 0 atom stereocenters. The van der Waals surface area contributed by atoms with E-state index in [0.717, 1.165) is 5.56 Å². The molecule has 0 bridgehead atoms. The molecule has 170 valence electrons. The van der Waals surface area contributed by atoms with Crippen LogP contribution in [0.25, 0.3) is 0 Å². The monoisotopic (exact) mass is 445 g/mol. The second kappa shape index (κ2) is 10.6. The van der Waals surface area contributed by atoms with Crippen molar-refractivity contribution in [3.63, 3.8) is 0 Å². The first kappa shape index (κ1) is 23.7. The minimum absolute atomic E-state index is 0.0704. The van der Waals surface area contributed by atoms with E-state index in [9.17, 15) is 19.6 Å². The minimum Gasteiger partial charge on any atom is -0.339 e. The lowest BCUT2D eigenvalue weighted by Crippen LogP contribution is -2.31. The SMILES string of the molecule is CCN(CC)C(=O)c1cc(NC(=O)c2ccc(C)cc2)cc(N(O)C(=O)c2ccccc2)c1. The number of carbonyl (C=O) groups excluding carboxylic acids is 3. The highest BCUT2D eigenvalue weighted by atomic mass is 16.5. The largest absolute Gasteiger partial charge is 0.339 e. The Kier molecular flexibility index (Phi) is 7.58. The zero-order chi connectivity index (χ0) is 24.0. The fourth-order valence-electron chi connectivity index (χ4n) is 3.35. The van der Waals surface area contributed by atoms with Gasteiger partial charge in [-0.05, 0) is 63.2 Å². The Morgan fingerprint density at radius 3 is 2.03 bits per heavy atom. The van der Waals surface area contributed by atoms with E-state index in [1.807, 2.05) is 32.9 Å². The average molecular weight is 446 g/mol. The van der Waals surface area contributed by atoms with Gasteiger partial charge in [-0.25, -0.2) is 0 Å². The van der Waals surface area contributed by atoms with Gasteiger partial charge in [0.25, 0.3) is 17.7 Å². The highest BCUT2D eigenvalue weighted by Gasteiger charge is 2.21. The van der Waals surface area contributed by atoms with Gasteiger partial charge in [0, 0.05) is 35.5 Å². The van der Waals surface area contributed by atoms with Gasteiger partial charge < -0.3 is 10.2 Å². The molecule has 7 nitrogen and oxygen atoms in total. The number of hydrogen-bond acceptors (Lipinski definition) is 4. The number of carbonyl (C=O) groups is 3. The molecular formula is C26H27N3O4. The van der Waals surface area contributed by atoms with Crippen molar-refractivity contribution in [2.75, 3.05) is 23.5 Å². The summed E-state index contributed by atoms with van der Waals surface area (Å²) in [5.41, 5.74) is 2.36. The first-order valence-electron chi connectivity index (χ1n) is 10.7. The Morgan fingerprint density at radius 2 is 1.42 bits per heavy atom. The molecule has 3 aromatic rings. The third-order valence-corrected chi connectivity index (χ3v) is 5.24. The fourth-order valence-corrected chi connectivity index (χ4v) is 3.35. The number of nitrogens with one attached hydrogen (secondary N) is 1. The van der Waals surface area contributed by atoms with Crippen LogP contribution < -0.4 is 10.4 Å². The molecule has 0 saturated heterocycles. The zero-order valence-electron chi connectivity index (χ0n) is 18.9. The van der Waals surface area contributed by atoms with E-state index >= 15 is 0 Å². The molecule has 33 heavy (non-hydrogen) atoms. The lowest BCUT2D eigenvalue weighted by molar-refractivity contribution is 0.0771. The summed E-state index contributed by atoms with van der Waals surface area (Å²) >= 11 is 0. The quantitative estimate of drug-likeness (QED) is 0.405. The Morgan fingerprint density at radius 1 is 0.788 bits per heavy atom. The van der Waals surface area contributed by atoms with Crippen molar-refractivity contribution < 1.29 is 19.6 Å². The molecule has 0 aliphatic rings. The molecule has 0 aliphatic heterocycles. The lowest BCUT2D eigenvalue weighted by atomic mass is 10.1. The van der Waals surface area contributed by atoms with Crippen molar-refractivity contribution in [3.8, 4) is 0 Å². The van der Waals surface area contributed by atoms with E-state index in [0.29, 0.717) is 23.7 Å². The van der Waals surface area contributed by atoms with Crippen LogP contribution in [0.15, 0.2) is 72.8 Å². The van der Waals surface area contributed by atoms with Gasteiger partial charge >= 0.3 is 0 Å². The maximum Gasteiger partial charge on any atom is 0.281 e. The van der Waals surface area contributed by atoms with Crippen LogP contribution in [-0.4, -0.2) is 40.9 Å². The van der Waals surface area contributed by atoms with Crippen LogP contribution in [0.5, 0.6) is 0 Å². The van der Waals surface area contributed by atoms with Crippen molar-refractivity contribution in [1.29, 1.82) is 0 Å². The maximum absolute atomic E-state index is 13.0. The zero-order valence-corrected chi connectivity index (χ0v) is 18.9. The Bertz CT molecular complexity index is 1140. The topological polar surface area (TPSA) is 90.0 Å². The van der Waals surface area contributed by atoms with Gasteiger partial charge in [0.2, 0.25) is 0 Å². The van der Waals surface area contributed by atoms with Crippen LogP contribution in [0.4, 0.5) is 11.4 Å². The molecule has 3 rings (SSSR count). The molecule has 7 heteroatoms. The highest BCUT2D eigenvalue weighted by molar-refractivity contribution is 6.08.